The van der Waals surface area contributed by atoms with E-state index in [1.807, 2.05) is 0 Å². The standard InChI is InChI=1S/C22H38/c1-3-5-8-20-15-17-22(18-16-20)10-7-6-9-21-13-11-19(4-2)12-14-21/h4,6,9,19-22H,2-3,5,7-8,10-18H2,1H3/b9-6+/t19-,20-,21-,22-. The van der Waals surface area contributed by atoms with Crippen molar-refractivity contribution in [3.63, 3.8) is 0 Å². The Morgan fingerprint density at radius 1 is 0.818 bits per heavy atom. The first kappa shape index (κ1) is 17.8. The van der Waals surface area contributed by atoms with Crippen LogP contribution >= 0.6 is 0 Å². The summed E-state index contributed by atoms with van der Waals surface area (Å²) in [5.41, 5.74) is 0. The van der Waals surface area contributed by atoms with Crippen LogP contribution in [0.15, 0.2) is 24.8 Å². The zero-order valence-corrected chi connectivity index (χ0v) is 14.9. The van der Waals surface area contributed by atoms with E-state index in [-0.39, 0.29) is 0 Å². The van der Waals surface area contributed by atoms with Gasteiger partial charge in [-0.25, -0.2) is 0 Å². The van der Waals surface area contributed by atoms with Crippen LogP contribution in [0.4, 0.5) is 0 Å². The van der Waals surface area contributed by atoms with Crippen LogP contribution in [-0.4, -0.2) is 0 Å². The minimum absolute atomic E-state index is 0.799. The number of hydrogen-bond acceptors (Lipinski definition) is 0. The highest BCUT2D eigenvalue weighted by atomic mass is 14.3. The molecule has 2 rings (SSSR count). The second-order valence-electron chi connectivity index (χ2n) is 7.95. The molecule has 0 saturated heterocycles. The molecule has 0 radical (unpaired) electrons. The molecular formula is C22H38. The number of unbranched alkanes of at least 4 members (excludes halogenated alkanes) is 1. The van der Waals surface area contributed by atoms with Crippen LogP contribution in [0.5, 0.6) is 0 Å². The van der Waals surface area contributed by atoms with Crippen molar-refractivity contribution >= 4 is 0 Å². The molecule has 0 spiro atoms. The zero-order chi connectivity index (χ0) is 15.6. The molecule has 0 nitrogen and oxygen atoms in total. The van der Waals surface area contributed by atoms with E-state index in [9.17, 15) is 0 Å². The Morgan fingerprint density at radius 3 is 2.00 bits per heavy atom. The highest BCUT2D eigenvalue weighted by Crippen LogP contribution is 2.34. The summed E-state index contributed by atoms with van der Waals surface area (Å²) >= 11 is 0. The van der Waals surface area contributed by atoms with Crippen molar-refractivity contribution in [2.24, 2.45) is 23.7 Å². The average Bonchev–Trinajstić information content (AvgIpc) is 2.58. The Kier molecular flexibility index (Phi) is 8.34. The smallest absolute Gasteiger partial charge is 0.0233 e. The summed E-state index contributed by atoms with van der Waals surface area (Å²) in [5.74, 6) is 3.75. The molecule has 0 aromatic rings. The van der Waals surface area contributed by atoms with Gasteiger partial charge in [0.1, 0.15) is 0 Å². The number of rotatable bonds is 8. The predicted octanol–water partition coefficient (Wildman–Crippen LogP) is 7.31. The molecule has 126 valence electrons. The lowest BCUT2D eigenvalue weighted by Crippen LogP contribution is -2.14. The second kappa shape index (κ2) is 10.3. The molecule has 0 atom stereocenters. The lowest BCUT2D eigenvalue weighted by molar-refractivity contribution is 0.250. The quantitative estimate of drug-likeness (QED) is 0.412. The maximum atomic E-state index is 3.94. The minimum atomic E-state index is 0.799. The van der Waals surface area contributed by atoms with E-state index in [1.165, 1.54) is 83.5 Å². The van der Waals surface area contributed by atoms with Crippen LogP contribution in [-0.2, 0) is 0 Å². The van der Waals surface area contributed by atoms with Crippen molar-refractivity contribution in [2.75, 3.05) is 0 Å². The molecule has 2 aliphatic carbocycles. The maximum absolute atomic E-state index is 3.94. The summed E-state index contributed by atoms with van der Waals surface area (Å²) in [6, 6.07) is 0. The van der Waals surface area contributed by atoms with Gasteiger partial charge in [0.25, 0.3) is 0 Å². The first-order chi connectivity index (χ1) is 10.8. The van der Waals surface area contributed by atoms with Gasteiger partial charge in [0.05, 0.1) is 0 Å². The Labute approximate surface area is 139 Å². The van der Waals surface area contributed by atoms with E-state index in [0.717, 1.165) is 23.7 Å². The van der Waals surface area contributed by atoms with Crippen LogP contribution in [0.3, 0.4) is 0 Å². The molecule has 2 saturated carbocycles. The largest absolute Gasteiger partial charge is 0.103 e. The van der Waals surface area contributed by atoms with Crippen LogP contribution in [0, 0.1) is 23.7 Å². The monoisotopic (exact) mass is 302 g/mol. The normalized spacial score (nSPS) is 33.1. The van der Waals surface area contributed by atoms with Crippen molar-refractivity contribution < 1.29 is 0 Å². The van der Waals surface area contributed by atoms with Crippen LogP contribution in [0.2, 0.25) is 0 Å². The van der Waals surface area contributed by atoms with E-state index < -0.39 is 0 Å². The third-order valence-electron chi connectivity index (χ3n) is 6.23. The van der Waals surface area contributed by atoms with Gasteiger partial charge in [0.15, 0.2) is 0 Å². The summed E-state index contributed by atoms with van der Waals surface area (Å²) in [6.45, 7) is 6.26. The topological polar surface area (TPSA) is 0 Å². The summed E-state index contributed by atoms with van der Waals surface area (Å²) in [7, 11) is 0. The third-order valence-corrected chi connectivity index (χ3v) is 6.23. The van der Waals surface area contributed by atoms with E-state index in [4.69, 9.17) is 0 Å². The van der Waals surface area contributed by atoms with Gasteiger partial charge in [-0.1, -0.05) is 70.1 Å². The predicted molar refractivity (Wildman–Crippen MR) is 99.0 cm³/mol. The van der Waals surface area contributed by atoms with Crippen molar-refractivity contribution in [2.45, 2.75) is 90.4 Å². The highest BCUT2D eigenvalue weighted by molar-refractivity contribution is 4.94. The van der Waals surface area contributed by atoms with E-state index in [2.05, 4.69) is 31.7 Å². The van der Waals surface area contributed by atoms with Crippen LogP contribution in [0.25, 0.3) is 0 Å². The highest BCUT2D eigenvalue weighted by Gasteiger charge is 2.20. The van der Waals surface area contributed by atoms with E-state index >= 15 is 0 Å². The Balaban J connectivity index is 1.54. The summed E-state index contributed by atoms with van der Waals surface area (Å²) in [4.78, 5) is 0. The molecule has 0 aromatic heterocycles. The number of allylic oxidation sites excluding steroid dienone is 3. The SMILES string of the molecule is C=C[C@H]1CC[C@H](/C=C/CC[C@H]2CC[C@H](CCCC)CC2)CC1. The molecule has 0 aromatic carbocycles. The van der Waals surface area contributed by atoms with Crippen LogP contribution < -0.4 is 0 Å². The molecule has 2 aliphatic rings. The fourth-order valence-electron chi connectivity index (χ4n) is 4.50. The van der Waals surface area contributed by atoms with Crippen LogP contribution in [0.1, 0.15) is 90.4 Å². The Hall–Kier alpha value is -0.520. The van der Waals surface area contributed by atoms with Gasteiger partial charge < -0.3 is 0 Å². The van der Waals surface area contributed by atoms with Gasteiger partial charge in [0.2, 0.25) is 0 Å². The second-order valence-corrected chi connectivity index (χ2v) is 7.95. The molecule has 22 heavy (non-hydrogen) atoms. The molecule has 0 aliphatic heterocycles. The molecule has 0 bridgehead atoms. The summed E-state index contributed by atoms with van der Waals surface area (Å²) in [6.07, 6.45) is 25.8. The Morgan fingerprint density at radius 2 is 1.41 bits per heavy atom. The fourth-order valence-corrected chi connectivity index (χ4v) is 4.50. The molecule has 0 heterocycles. The van der Waals surface area contributed by atoms with Crippen molar-refractivity contribution in [3.8, 4) is 0 Å². The van der Waals surface area contributed by atoms with Gasteiger partial charge >= 0.3 is 0 Å². The third kappa shape index (κ3) is 6.31. The van der Waals surface area contributed by atoms with Gasteiger partial charge in [0, 0.05) is 0 Å². The minimum Gasteiger partial charge on any atom is -0.103 e. The molecule has 2 fully saturated rings. The van der Waals surface area contributed by atoms with E-state index in [1.54, 1.807) is 0 Å². The fraction of sp³-hybridized carbons (Fsp3) is 0.818. The van der Waals surface area contributed by atoms with Crippen molar-refractivity contribution in [1.29, 1.82) is 0 Å². The molecule has 0 N–H and O–H groups in total. The lowest BCUT2D eigenvalue weighted by Gasteiger charge is -2.28. The lowest BCUT2D eigenvalue weighted by atomic mass is 9.78. The molecule has 0 amide bonds. The average molecular weight is 303 g/mol. The van der Waals surface area contributed by atoms with Gasteiger partial charge in [-0.15, -0.1) is 6.58 Å². The van der Waals surface area contributed by atoms with Gasteiger partial charge in [-0.05, 0) is 62.2 Å². The Bertz CT molecular complexity index is 311. The molecule has 0 unspecified atom stereocenters. The number of hydrogen-bond donors (Lipinski definition) is 0. The van der Waals surface area contributed by atoms with Gasteiger partial charge in [-0.2, -0.15) is 0 Å². The van der Waals surface area contributed by atoms with Crippen molar-refractivity contribution in [1.82, 2.24) is 0 Å². The first-order valence-corrected chi connectivity index (χ1v) is 10.1. The van der Waals surface area contributed by atoms with Crippen molar-refractivity contribution in [3.05, 3.63) is 24.8 Å². The first-order valence-electron chi connectivity index (χ1n) is 10.1. The van der Waals surface area contributed by atoms with E-state index in [0.29, 0.717) is 0 Å². The summed E-state index contributed by atoms with van der Waals surface area (Å²) < 4.78 is 0. The molecule has 0 heteroatoms. The summed E-state index contributed by atoms with van der Waals surface area (Å²) in [5, 5.41) is 0. The molecular weight excluding hydrogens is 264 g/mol. The van der Waals surface area contributed by atoms with Gasteiger partial charge in [-0.3, -0.25) is 0 Å². The zero-order valence-electron chi connectivity index (χ0n) is 14.9. The maximum Gasteiger partial charge on any atom is -0.0233 e.